The molecule has 5 nitrogen and oxygen atoms in total. The van der Waals surface area contributed by atoms with Crippen molar-refractivity contribution in [3.05, 3.63) is 30.1 Å². The summed E-state index contributed by atoms with van der Waals surface area (Å²) >= 11 is 0. The average molecular weight is 310 g/mol. The van der Waals surface area contributed by atoms with Gasteiger partial charge in [-0.05, 0) is 37.7 Å². The van der Waals surface area contributed by atoms with Gasteiger partial charge in [0, 0.05) is 32.6 Å². The number of nitrogens with zero attached hydrogens (tertiary/aromatic N) is 2. The Morgan fingerprint density at radius 1 is 1.41 bits per heavy atom. The van der Waals surface area contributed by atoms with Gasteiger partial charge < -0.3 is 19.6 Å². The number of aliphatic hydroxyl groups is 1. The summed E-state index contributed by atoms with van der Waals surface area (Å²) in [5, 5.41) is 9.96. The highest BCUT2D eigenvalue weighted by Gasteiger charge is 2.20. The molecule has 0 spiro atoms. The first-order valence-electron chi connectivity index (χ1n) is 7.57. The lowest BCUT2D eigenvalue weighted by Crippen LogP contribution is -2.38. The second-order valence-electron chi connectivity index (χ2n) is 5.67. The van der Waals surface area contributed by atoms with Gasteiger partial charge in [0.05, 0.1) is 0 Å². The molecule has 1 aromatic rings. The molecule has 1 aromatic carbocycles. The number of amides is 1. The highest BCUT2D eigenvalue weighted by molar-refractivity contribution is 5.78. The molecule has 22 heavy (non-hydrogen) atoms. The molecule has 0 aromatic heterocycles. The molecule has 1 amide bonds. The van der Waals surface area contributed by atoms with Gasteiger partial charge in [0.15, 0.2) is 0 Å². The van der Waals surface area contributed by atoms with Crippen molar-refractivity contribution in [1.82, 2.24) is 9.80 Å². The maximum atomic E-state index is 12.8. The first-order chi connectivity index (χ1) is 10.5. The quantitative estimate of drug-likeness (QED) is 0.782. The molecule has 1 fully saturated rings. The molecular formula is C16H23FN2O3. The fourth-order valence-corrected chi connectivity index (χ4v) is 2.46. The van der Waals surface area contributed by atoms with Gasteiger partial charge in [0.25, 0.3) is 0 Å². The van der Waals surface area contributed by atoms with E-state index in [1.54, 1.807) is 0 Å². The summed E-state index contributed by atoms with van der Waals surface area (Å²) in [7, 11) is 1.90. The van der Waals surface area contributed by atoms with Crippen LogP contribution < -0.4 is 4.74 Å². The van der Waals surface area contributed by atoms with Crippen LogP contribution in [-0.4, -0.2) is 66.8 Å². The topological polar surface area (TPSA) is 53.0 Å². The lowest BCUT2D eigenvalue weighted by molar-refractivity contribution is -0.127. The monoisotopic (exact) mass is 310 g/mol. The third kappa shape index (κ3) is 5.27. The molecule has 0 aliphatic carbocycles. The minimum atomic E-state index is -0.635. The van der Waals surface area contributed by atoms with E-state index in [2.05, 4.69) is 0 Å². The molecule has 1 atom stereocenters. The molecule has 1 N–H and O–H groups in total. The minimum absolute atomic E-state index is 0.151. The molecular weight excluding hydrogens is 287 g/mol. The third-order valence-electron chi connectivity index (χ3n) is 3.70. The van der Waals surface area contributed by atoms with Crippen LogP contribution in [0.5, 0.6) is 5.75 Å². The Morgan fingerprint density at radius 2 is 2.14 bits per heavy atom. The number of likely N-dealkylation sites (tertiary alicyclic amines) is 1. The molecule has 1 heterocycles. The molecule has 2 rings (SSSR count). The molecule has 1 unspecified atom stereocenters. The summed E-state index contributed by atoms with van der Waals surface area (Å²) in [4.78, 5) is 15.3. The van der Waals surface area contributed by atoms with Crippen molar-refractivity contribution in [1.29, 1.82) is 0 Å². The Kier molecular flexibility index (Phi) is 6.15. The summed E-state index contributed by atoms with van der Waals surface area (Å²) in [5.74, 6) is 0.434. The summed E-state index contributed by atoms with van der Waals surface area (Å²) in [6.07, 6.45) is 0.957. The van der Waals surface area contributed by atoms with Crippen molar-refractivity contribution in [2.24, 2.45) is 0 Å². The van der Waals surface area contributed by atoms with Crippen LogP contribution in [0.2, 0.25) is 0 Å². The summed E-state index contributed by atoms with van der Waals surface area (Å²) in [6.45, 7) is 2.87. The van der Waals surface area contributed by atoms with Gasteiger partial charge in [0.2, 0.25) is 5.91 Å². The summed E-state index contributed by atoms with van der Waals surface area (Å²) in [5.41, 5.74) is 0. The van der Waals surface area contributed by atoms with Gasteiger partial charge in [0.1, 0.15) is 24.3 Å². The maximum Gasteiger partial charge on any atom is 0.222 e. The molecule has 0 saturated carbocycles. The van der Waals surface area contributed by atoms with Gasteiger partial charge in [-0.25, -0.2) is 4.39 Å². The Labute approximate surface area is 130 Å². The number of hydrogen-bond donors (Lipinski definition) is 1. The summed E-state index contributed by atoms with van der Waals surface area (Å²) in [6, 6.07) is 5.71. The Bertz CT molecular complexity index is 481. The maximum absolute atomic E-state index is 12.8. The van der Waals surface area contributed by atoms with Crippen LogP contribution in [-0.2, 0) is 4.79 Å². The average Bonchev–Trinajstić information content (AvgIpc) is 2.90. The molecule has 0 bridgehead atoms. The number of carbonyl (C=O) groups is 1. The van der Waals surface area contributed by atoms with Crippen molar-refractivity contribution in [3.63, 3.8) is 0 Å². The predicted molar refractivity (Wildman–Crippen MR) is 81.2 cm³/mol. The number of likely N-dealkylation sites (N-methyl/N-ethyl adjacent to an activating group) is 1. The molecule has 6 heteroatoms. The minimum Gasteiger partial charge on any atom is -0.491 e. The fraction of sp³-hybridized carbons (Fsp3) is 0.562. The van der Waals surface area contributed by atoms with Crippen molar-refractivity contribution in [3.8, 4) is 5.75 Å². The molecule has 1 aliphatic rings. The lowest BCUT2D eigenvalue weighted by atomic mass is 10.3. The normalized spacial score (nSPS) is 16.4. The van der Waals surface area contributed by atoms with Crippen LogP contribution in [0.1, 0.15) is 12.8 Å². The van der Waals surface area contributed by atoms with Crippen LogP contribution in [0.3, 0.4) is 0 Å². The van der Waals surface area contributed by atoms with Crippen molar-refractivity contribution in [2.75, 3.05) is 39.8 Å². The number of halogens is 1. The Morgan fingerprint density at radius 3 is 2.77 bits per heavy atom. The van der Waals surface area contributed by atoms with Crippen LogP contribution >= 0.6 is 0 Å². The zero-order chi connectivity index (χ0) is 15.9. The zero-order valence-corrected chi connectivity index (χ0v) is 12.9. The number of ether oxygens (including phenoxy) is 1. The van der Waals surface area contributed by atoms with E-state index in [1.807, 2.05) is 16.8 Å². The van der Waals surface area contributed by atoms with E-state index in [0.717, 1.165) is 19.5 Å². The van der Waals surface area contributed by atoms with E-state index in [4.69, 9.17) is 4.74 Å². The Balaban J connectivity index is 1.64. The largest absolute Gasteiger partial charge is 0.491 e. The second kappa shape index (κ2) is 8.10. The van der Waals surface area contributed by atoms with Crippen molar-refractivity contribution >= 4 is 5.91 Å². The third-order valence-corrected chi connectivity index (χ3v) is 3.70. The highest BCUT2D eigenvalue weighted by atomic mass is 19.1. The van der Waals surface area contributed by atoms with Crippen LogP contribution in [0.25, 0.3) is 0 Å². The van der Waals surface area contributed by atoms with Gasteiger partial charge in [-0.3, -0.25) is 4.79 Å². The number of aliphatic hydroxyl groups excluding tert-OH is 1. The predicted octanol–water partition coefficient (Wildman–Crippen LogP) is 1.12. The molecule has 1 aliphatic heterocycles. The van der Waals surface area contributed by atoms with E-state index in [1.165, 1.54) is 24.3 Å². The van der Waals surface area contributed by atoms with Crippen molar-refractivity contribution in [2.45, 2.75) is 18.9 Å². The first kappa shape index (κ1) is 16.7. The smallest absolute Gasteiger partial charge is 0.222 e. The number of carbonyl (C=O) groups excluding carboxylic acids is 1. The highest BCUT2D eigenvalue weighted by Crippen LogP contribution is 2.11. The van der Waals surface area contributed by atoms with E-state index in [0.29, 0.717) is 25.3 Å². The van der Waals surface area contributed by atoms with Crippen LogP contribution in [0.4, 0.5) is 4.39 Å². The fourth-order valence-electron chi connectivity index (χ4n) is 2.46. The van der Waals surface area contributed by atoms with Gasteiger partial charge >= 0.3 is 0 Å². The second-order valence-corrected chi connectivity index (χ2v) is 5.67. The lowest BCUT2D eigenvalue weighted by Gasteiger charge is -2.23. The van der Waals surface area contributed by atoms with E-state index < -0.39 is 6.10 Å². The van der Waals surface area contributed by atoms with Crippen LogP contribution in [0.15, 0.2) is 24.3 Å². The zero-order valence-electron chi connectivity index (χ0n) is 12.9. The van der Waals surface area contributed by atoms with E-state index in [9.17, 15) is 14.3 Å². The number of benzene rings is 1. The molecule has 122 valence electrons. The summed E-state index contributed by atoms with van der Waals surface area (Å²) < 4.78 is 18.2. The number of rotatable bonds is 8. The first-order valence-corrected chi connectivity index (χ1v) is 7.57. The SMILES string of the molecule is CN(CCN1CCCC1=O)CC(O)COc1ccc(F)cc1. The van der Waals surface area contributed by atoms with Gasteiger partial charge in [-0.1, -0.05) is 0 Å². The number of hydrogen-bond acceptors (Lipinski definition) is 4. The molecule has 0 radical (unpaired) electrons. The van der Waals surface area contributed by atoms with Gasteiger partial charge in [-0.2, -0.15) is 0 Å². The Hall–Kier alpha value is -1.66. The van der Waals surface area contributed by atoms with Gasteiger partial charge in [-0.15, -0.1) is 0 Å². The van der Waals surface area contributed by atoms with E-state index in [-0.39, 0.29) is 18.3 Å². The van der Waals surface area contributed by atoms with Crippen LogP contribution in [0, 0.1) is 5.82 Å². The molecule has 1 saturated heterocycles. The van der Waals surface area contributed by atoms with E-state index >= 15 is 0 Å². The standard InChI is InChI=1S/C16H23FN2O3/c1-18(9-10-19-8-2-3-16(19)21)11-14(20)12-22-15-6-4-13(17)5-7-15/h4-7,14,20H,2-3,8-12H2,1H3. The van der Waals surface area contributed by atoms with Crippen molar-refractivity contribution < 1.29 is 19.0 Å².